The first-order valence-electron chi connectivity index (χ1n) is 8.47. The Morgan fingerprint density at radius 1 is 1.10 bits per heavy atom. The Balaban J connectivity index is 2.22. The normalized spacial score (nSPS) is 13.2. The number of nitrogens with zero attached hydrogens (tertiary/aromatic N) is 2. The molecule has 0 radical (unpaired) electrons. The molecule has 0 aliphatic rings. The summed E-state index contributed by atoms with van der Waals surface area (Å²) in [4.78, 5) is 11.6. The van der Waals surface area contributed by atoms with E-state index in [1.165, 1.54) is 6.07 Å². The molecule has 1 aromatic heterocycles. The molecule has 158 valence electrons. The number of halogens is 3. The van der Waals surface area contributed by atoms with Crippen molar-refractivity contribution < 1.29 is 31.5 Å². The van der Waals surface area contributed by atoms with Crippen LogP contribution in [-0.4, -0.2) is 29.3 Å². The molecule has 0 aliphatic carbocycles. The minimum atomic E-state index is -4.90. The fourth-order valence-corrected chi connectivity index (χ4v) is 3.66. The molecule has 0 amide bonds. The largest absolute Gasteiger partial charge is 0.479 e. The summed E-state index contributed by atoms with van der Waals surface area (Å²) >= 11 is 0. The first-order valence-corrected chi connectivity index (χ1v) is 10.0. The van der Waals surface area contributed by atoms with Gasteiger partial charge >= 0.3 is 12.1 Å². The van der Waals surface area contributed by atoms with E-state index in [-0.39, 0.29) is 21.6 Å². The van der Waals surface area contributed by atoms with E-state index in [2.05, 4.69) is 5.10 Å². The van der Waals surface area contributed by atoms with Crippen molar-refractivity contribution in [1.82, 2.24) is 9.78 Å². The van der Waals surface area contributed by atoms with Gasteiger partial charge in [-0.3, -0.25) is 0 Å². The summed E-state index contributed by atoms with van der Waals surface area (Å²) in [7, 11) is -4.05. The summed E-state index contributed by atoms with van der Waals surface area (Å²) in [6.07, 6.45) is -3.93. The number of rotatable bonds is 5. The fraction of sp³-hybridized carbons (Fsp3) is 0.158. The third-order valence-electron chi connectivity index (χ3n) is 4.50. The van der Waals surface area contributed by atoms with Crippen LogP contribution in [0.4, 0.5) is 13.2 Å². The molecular weight excluding hydrogens is 423 g/mol. The highest BCUT2D eigenvalue weighted by Crippen LogP contribution is 2.40. The number of benzene rings is 2. The van der Waals surface area contributed by atoms with E-state index in [0.717, 1.165) is 30.5 Å². The van der Waals surface area contributed by atoms with Crippen LogP contribution >= 0.6 is 0 Å². The van der Waals surface area contributed by atoms with Crippen LogP contribution in [-0.2, 0) is 21.0 Å². The van der Waals surface area contributed by atoms with Gasteiger partial charge in [0.15, 0.2) is 11.7 Å². The van der Waals surface area contributed by atoms with Crippen LogP contribution in [0.1, 0.15) is 22.9 Å². The van der Waals surface area contributed by atoms with E-state index >= 15 is 0 Å². The van der Waals surface area contributed by atoms with Gasteiger partial charge in [0.25, 0.3) is 0 Å². The second-order valence-corrected chi connectivity index (χ2v) is 8.08. The lowest BCUT2D eigenvalue weighted by atomic mass is 10.00. The summed E-state index contributed by atoms with van der Waals surface area (Å²) in [6, 6.07) is 8.76. The summed E-state index contributed by atoms with van der Waals surface area (Å²) < 4.78 is 65.1. The molecule has 0 saturated carbocycles. The third kappa shape index (κ3) is 4.07. The van der Waals surface area contributed by atoms with Gasteiger partial charge in [-0.2, -0.15) is 18.3 Å². The Bertz CT molecular complexity index is 1200. The number of hydrogen-bond donors (Lipinski definition) is 2. The first kappa shape index (κ1) is 21.5. The number of primary sulfonamides is 1. The van der Waals surface area contributed by atoms with E-state index in [4.69, 9.17) is 5.14 Å². The van der Waals surface area contributed by atoms with Crippen LogP contribution in [0.15, 0.2) is 59.6 Å². The van der Waals surface area contributed by atoms with Gasteiger partial charge in [-0.15, -0.1) is 0 Å². The van der Waals surface area contributed by atoms with Crippen LogP contribution in [0.2, 0.25) is 0 Å². The van der Waals surface area contributed by atoms with Crippen LogP contribution in [0.25, 0.3) is 11.1 Å². The van der Waals surface area contributed by atoms with E-state index in [9.17, 15) is 31.5 Å². The maximum Gasteiger partial charge on any atom is 0.433 e. The molecule has 1 unspecified atom stereocenters. The van der Waals surface area contributed by atoms with E-state index in [1.54, 1.807) is 25.1 Å². The van der Waals surface area contributed by atoms with Crippen LogP contribution in [0.5, 0.6) is 0 Å². The van der Waals surface area contributed by atoms with Crippen LogP contribution in [0.3, 0.4) is 0 Å². The molecular formula is C19H16F3N3O4S. The Hall–Kier alpha value is -3.18. The predicted molar refractivity (Wildman–Crippen MR) is 101 cm³/mol. The van der Waals surface area contributed by atoms with E-state index in [1.807, 2.05) is 0 Å². The first-order chi connectivity index (χ1) is 13.9. The molecule has 0 spiro atoms. The van der Waals surface area contributed by atoms with Gasteiger partial charge in [-0.25, -0.2) is 23.0 Å². The van der Waals surface area contributed by atoms with Gasteiger partial charge in [0.1, 0.15) is 0 Å². The van der Waals surface area contributed by atoms with Crippen LogP contribution < -0.4 is 5.14 Å². The number of aromatic nitrogens is 2. The van der Waals surface area contributed by atoms with Gasteiger partial charge in [0.2, 0.25) is 10.0 Å². The summed E-state index contributed by atoms with van der Waals surface area (Å²) in [5, 5.41) is 18.4. The molecule has 3 aromatic rings. The molecule has 3 N–H and O–H groups in total. The highest BCUT2D eigenvalue weighted by atomic mass is 32.2. The number of carbonyl (C=O) groups is 1. The second-order valence-electron chi connectivity index (χ2n) is 6.52. The Morgan fingerprint density at radius 2 is 1.70 bits per heavy atom. The molecule has 3 rings (SSSR count). The minimum absolute atomic E-state index is 0.0974. The van der Waals surface area contributed by atoms with Crippen molar-refractivity contribution in [2.24, 2.45) is 5.14 Å². The van der Waals surface area contributed by atoms with Crippen molar-refractivity contribution >= 4 is 16.0 Å². The number of aryl methyl sites for hydroxylation is 1. The van der Waals surface area contributed by atoms with Gasteiger partial charge in [0, 0.05) is 5.56 Å². The molecule has 0 bridgehead atoms. The second kappa shape index (κ2) is 7.58. The molecule has 30 heavy (non-hydrogen) atoms. The lowest BCUT2D eigenvalue weighted by Gasteiger charge is -2.19. The zero-order valence-electron chi connectivity index (χ0n) is 15.5. The molecule has 11 heteroatoms. The maximum atomic E-state index is 14.0. The number of hydrogen-bond acceptors (Lipinski definition) is 4. The zero-order chi connectivity index (χ0) is 22.3. The summed E-state index contributed by atoms with van der Waals surface area (Å²) in [5.41, 5.74) is -0.746. The standard InChI is InChI=1S/C19H16F3N3O4S/c1-11-4-2-3-5-14(11)15-10-24-25(17(15)19(20,21)22)16(18(26)27)12-6-8-13(9-7-12)30(23,28)29/h2-10,16H,1H3,(H,26,27)(H2,23,28,29). The highest BCUT2D eigenvalue weighted by Gasteiger charge is 2.42. The van der Waals surface area contributed by atoms with Crippen LogP contribution in [0, 0.1) is 6.92 Å². The predicted octanol–water partition coefficient (Wildman–Crippen LogP) is 3.20. The van der Waals surface area contributed by atoms with Crippen molar-refractivity contribution in [2.75, 3.05) is 0 Å². The van der Waals surface area contributed by atoms with E-state index < -0.39 is 33.9 Å². The molecule has 0 fully saturated rings. The SMILES string of the molecule is Cc1ccccc1-c1cnn(C(C(=O)O)c2ccc(S(N)(=O)=O)cc2)c1C(F)(F)F. The highest BCUT2D eigenvalue weighted by molar-refractivity contribution is 7.89. The lowest BCUT2D eigenvalue weighted by Crippen LogP contribution is -2.26. The number of carboxylic acid groups (broad SMARTS) is 1. The number of carboxylic acids is 1. The van der Waals surface area contributed by atoms with Gasteiger partial charge in [-0.1, -0.05) is 36.4 Å². The minimum Gasteiger partial charge on any atom is -0.479 e. The number of aliphatic carboxylic acids is 1. The molecule has 7 nitrogen and oxygen atoms in total. The number of sulfonamides is 1. The topological polar surface area (TPSA) is 115 Å². The average molecular weight is 439 g/mol. The monoisotopic (exact) mass is 439 g/mol. The van der Waals surface area contributed by atoms with Crippen molar-refractivity contribution in [2.45, 2.75) is 24.0 Å². The fourth-order valence-electron chi connectivity index (χ4n) is 3.14. The Morgan fingerprint density at radius 3 is 2.20 bits per heavy atom. The van der Waals surface area contributed by atoms with Gasteiger partial charge in [-0.05, 0) is 35.7 Å². The molecule has 1 atom stereocenters. The molecule has 2 aromatic carbocycles. The average Bonchev–Trinajstić information content (AvgIpc) is 3.06. The number of alkyl halides is 3. The Kier molecular flexibility index (Phi) is 5.44. The van der Waals surface area contributed by atoms with Gasteiger partial charge in [0.05, 0.1) is 11.1 Å². The number of nitrogens with two attached hydrogens (primary N) is 1. The van der Waals surface area contributed by atoms with Gasteiger partial charge < -0.3 is 5.11 Å². The molecule has 0 saturated heterocycles. The third-order valence-corrected chi connectivity index (χ3v) is 5.43. The van der Waals surface area contributed by atoms with Crippen molar-refractivity contribution in [3.8, 4) is 11.1 Å². The maximum absolute atomic E-state index is 14.0. The quantitative estimate of drug-likeness (QED) is 0.634. The lowest BCUT2D eigenvalue weighted by molar-refractivity contribution is -0.148. The van der Waals surface area contributed by atoms with E-state index in [0.29, 0.717) is 10.2 Å². The molecule has 1 heterocycles. The Labute approximate surface area is 169 Å². The van der Waals surface area contributed by atoms with Crippen molar-refractivity contribution in [3.05, 3.63) is 71.5 Å². The summed E-state index contributed by atoms with van der Waals surface area (Å²) in [5.74, 6) is -1.59. The summed E-state index contributed by atoms with van der Waals surface area (Å²) in [6.45, 7) is 1.63. The smallest absolute Gasteiger partial charge is 0.433 e. The van der Waals surface area contributed by atoms with Crippen molar-refractivity contribution in [3.63, 3.8) is 0 Å². The molecule has 0 aliphatic heterocycles. The van der Waals surface area contributed by atoms with Crippen molar-refractivity contribution in [1.29, 1.82) is 0 Å². The zero-order valence-corrected chi connectivity index (χ0v) is 16.3.